The van der Waals surface area contributed by atoms with Crippen LogP contribution in [0.1, 0.15) is 115 Å². The monoisotopic (exact) mass is 690 g/mol. The minimum atomic E-state index is -1.20. The highest BCUT2D eigenvalue weighted by molar-refractivity contribution is 5.98. The van der Waals surface area contributed by atoms with Gasteiger partial charge in [0.25, 0.3) is 5.91 Å². The van der Waals surface area contributed by atoms with Crippen molar-refractivity contribution in [2.24, 2.45) is 5.92 Å². The molecule has 0 spiro atoms. The molecule has 0 heterocycles. The number of carboxylic acids is 1. The van der Waals surface area contributed by atoms with E-state index in [0.29, 0.717) is 69.8 Å². The van der Waals surface area contributed by atoms with E-state index < -0.39 is 42.3 Å². The van der Waals surface area contributed by atoms with Crippen molar-refractivity contribution in [1.29, 1.82) is 0 Å². The van der Waals surface area contributed by atoms with Gasteiger partial charge >= 0.3 is 5.97 Å². The van der Waals surface area contributed by atoms with E-state index >= 15 is 0 Å². The van der Waals surface area contributed by atoms with Crippen LogP contribution >= 0.6 is 0 Å². The first-order valence-corrected chi connectivity index (χ1v) is 17.6. The largest absolute Gasteiger partial charge is 0.480 e. The number of ketones is 1. The molecule has 0 fully saturated rings. The summed E-state index contributed by atoms with van der Waals surface area (Å²) in [5.41, 5.74) is 1.41. The van der Waals surface area contributed by atoms with Crippen LogP contribution in [0.4, 0.5) is 0 Å². The minimum absolute atomic E-state index is 0.000972. The molecule has 0 aliphatic rings. The average Bonchev–Trinajstić information content (AvgIpc) is 3.05. The number of nitrogens with one attached hydrogen (secondary N) is 6. The van der Waals surface area contributed by atoms with Gasteiger partial charge in [-0.2, -0.15) is 0 Å². The molecule has 1 rings (SSSR count). The van der Waals surface area contributed by atoms with E-state index in [1.807, 2.05) is 39.8 Å². The third kappa shape index (κ3) is 22.4. The maximum Gasteiger partial charge on any atom is 0.326 e. The number of hydrogen-bond acceptors (Lipinski definition) is 8. The van der Waals surface area contributed by atoms with E-state index in [4.69, 9.17) is 0 Å². The number of rotatable bonds is 24. The van der Waals surface area contributed by atoms with Crippen molar-refractivity contribution in [3.05, 3.63) is 35.4 Å². The summed E-state index contributed by atoms with van der Waals surface area (Å²) < 4.78 is 0. The van der Waals surface area contributed by atoms with Crippen molar-refractivity contribution in [1.82, 2.24) is 31.9 Å². The molecule has 1 aromatic rings. The third-order valence-electron chi connectivity index (χ3n) is 7.25. The van der Waals surface area contributed by atoms with Crippen molar-refractivity contribution < 1.29 is 33.9 Å². The van der Waals surface area contributed by atoms with Crippen LogP contribution in [0.3, 0.4) is 0 Å². The van der Waals surface area contributed by atoms with E-state index in [1.54, 1.807) is 19.2 Å². The van der Waals surface area contributed by atoms with Crippen molar-refractivity contribution >= 4 is 35.4 Å². The second-order valence-electron chi connectivity index (χ2n) is 12.7. The quantitative estimate of drug-likeness (QED) is 0.0798. The van der Waals surface area contributed by atoms with E-state index in [1.165, 1.54) is 6.42 Å². The molecule has 13 heteroatoms. The zero-order chi connectivity index (χ0) is 37.2. The number of carbonyl (C=O) groups is 6. The molecule has 7 N–H and O–H groups in total. The van der Waals surface area contributed by atoms with Gasteiger partial charge in [-0.15, -0.1) is 0 Å². The summed E-state index contributed by atoms with van der Waals surface area (Å²) in [6.45, 7) is 13.1. The first-order valence-electron chi connectivity index (χ1n) is 17.6. The number of carbonyl (C=O) groups excluding carboxylic acids is 5. The van der Waals surface area contributed by atoms with Crippen molar-refractivity contribution in [3.8, 4) is 0 Å². The molecule has 0 saturated carbocycles. The van der Waals surface area contributed by atoms with Crippen LogP contribution in [0, 0.1) is 5.92 Å². The number of amides is 4. The Bertz CT molecular complexity index is 1140. The lowest BCUT2D eigenvalue weighted by Crippen LogP contribution is -2.51. The lowest BCUT2D eigenvalue weighted by atomic mass is 10.0. The molecule has 0 aromatic heterocycles. The number of Topliss-reactive ketones (excluding diaryl/α,β-unsaturated/α-hetero) is 1. The maximum atomic E-state index is 12.9. The highest BCUT2D eigenvalue weighted by Crippen LogP contribution is 2.08. The van der Waals surface area contributed by atoms with Crippen LogP contribution in [0.15, 0.2) is 24.3 Å². The highest BCUT2D eigenvalue weighted by Gasteiger charge is 2.23. The van der Waals surface area contributed by atoms with E-state index in [0.717, 1.165) is 5.56 Å². The standard InChI is InChI=1S/C33H54N6O7.C3H8/c1-22(2)28(40)11-6-7-12-29(41)35-18-9-8-10-27(33(45)46)38-30(42)21-37-32(44)26(17-19-34-5)39-31(43)25-15-13-24(14-16-25)20-36-23(3)4;1-3-2/h13-16,22-23,26-27,34,36H,6-12,17-21H2,1-5H3,(H,35,41)(H,37,44)(H,38,42)(H,39,43)(H,45,46);3H2,1-2H3. The summed E-state index contributed by atoms with van der Waals surface area (Å²) in [6.07, 6.45) is 4.74. The molecule has 49 heavy (non-hydrogen) atoms. The van der Waals surface area contributed by atoms with Gasteiger partial charge in [0.05, 0.1) is 6.54 Å². The second kappa shape index (κ2) is 27.0. The molecule has 0 aliphatic heterocycles. The van der Waals surface area contributed by atoms with E-state index in [-0.39, 0.29) is 30.4 Å². The molecule has 278 valence electrons. The van der Waals surface area contributed by atoms with Gasteiger partial charge in [0, 0.05) is 43.5 Å². The highest BCUT2D eigenvalue weighted by atomic mass is 16.4. The van der Waals surface area contributed by atoms with Gasteiger partial charge in [0.2, 0.25) is 17.7 Å². The summed E-state index contributed by atoms with van der Waals surface area (Å²) in [6, 6.07) is 5.32. The number of carboxylic acid groups (broad SMARTS) is 1. The van der Waals surface area contributed by atoms with Crippen molar-refractivity contribution in [2.45, 2.75) is 124 Å². The fourth-order valence-corrected chi connectivity index (χ4v) is 4.35. The SMILES string of the molecule is CCC.CNCCC(NC(=O)c1ccc(CNC(C)C)cc1)C(=O)NCC(=O)NC(CCCCNC(=O)CCCCC(=O)C(C)C)C(=O)O. The maximum absolute atomic E-state index is 12.9. The lowest BCUT2D eigenvalue weighted by molar-refractivity contribution is -0.142. The third-order valence-corrected chi connectivity index (χ3v) is 7.25. The topological polar surface area (TPSA) is 195 Å². The predicted molar refractivity (Wildman–Crippen MR) is 192 cm³/mol. The van der Waals surface area contributed by atoms with Gasteiger partial charge in [0.1, 0.15) is 17.9 Å². The molecular weight excluding hydrogens is 628 g/mol. The van der Waals surface area contributed by atoms with Gasteiger partial charge in [-0.05, 0) is 69.8 Å². The zero-order valence-electron chi connectivity index (χ0n) is 30.7. The Morgan fingerprint density at radius 3 is 1.94 bits per heavy atom. The Morgan fingerprint density at radius 1 is 0.735 bits per heavy atom. The van der Waals surface area contributed by atoms with Gasteiger partial charge in [-0.1, -0.05) is 60.1 Å². The molecule has 2 atom stereocenters. The number of unbranched alkanes of at least 4 members (excludes halogenated alkanes) is 2. The lowest BCUT2D eigenvalue weighted by Gasteiger charge is -2.19. The van der Waals surface area contributed by atoms with E-state index in [2.05, 4.69) is 45.7 Å². The Balaban J connectivity index is 0.00000738. The summed E-state index contributed by atoms with van der Waals surface area (Å²) in [5.74, 6) is -2.80. The molecule has 1 aromatic carbocycles. The van der Waals surface area contributed by atoms with Crippen LogP contribution in [-0.2, 0) is 30.5 Å². The molecule has 0 aliphatic carbocycles. The molecule has 0 bridgehead atoms. The summed E-state index contributed by atoms with van der Waals surface area (Å²) >= 11 is 0. The average molecular weight is 691 g/mol. The Hall–Kier alpha value is -3.84. The summed E-state index contributed by atoms with van der Waals surface area (Å²) in [5, 5.41) is 26.2. The van der Waals surface area contributed by atoms with Crippen molar-refractivity contribution in [3.63, 3.8) is 0 Å². The summed E-state index contributed by atoms with van der Waals surface area (Å²) in [7, 11) is 1.72. The molecule has 2 unspecified atom stereocenters. The molecule has 0 saturated heterocycles. The number of hydrogen-bond donors (Lipinski definition) is 7. The van der Waals surface area contributed by atoms with Crippen LogP contribution < -0.4 is 31.9 Å². The fraction of sp³-hybridized carbons (Fsp3) is 0.667. The van der Waals surface area contributed by atoms with Gasteiger partial charge in [-0.3, -0.25) is 24.0 Å². The Kier molecular flexibility index (Phi) is 24.9. The van der Waals surface area contributed by atoms with Gasteiger partial charge < -0.3 is 37.0 Å². The normalized spacial score (nSPS) is 11.9. The molecule has 0 radical (unpaired) electrons. The first kappa shape index (κ1) is 45.2. The van der Waals surface area contributed by atoms with Crippen LogP contribution in [0.25, 0.3) is 0 Å². The molecule has 13 nitrogen and oxygen atoms in total. The number of benzene rings is 1. The van der Waals surface area contributed by atoms with Gasteiger partial charge in [0.15, 0.2) is 0 Å². The zero-order valence-corrected chi connectivity index (χ0v) is 30.7. The second-order valence-corrected chi connectivity index (χ2v) is 12.7. The first-order chi connectivity index (χ1) is 23.2. The van der Waals surface area contributed by atoms with Gasteiger partial charge in [-0.25, -0.2) is 4.79 Å². The fourth-order valence-electron chi connectivity index (χ4n) is 4.35. The van der Waals surface area contributed by atoms with Crippen molar-refractivity contribution in [2.75, 3.05) is 26.7 Å². The minimum Gasteiger partial charge on any atom is -0.480 e. The predicted octanol–water partition coefficient (Wildman–Crippen LogP) is 3.07. The Labute approximate surface area is 292 Å². The smallest absolute Gasteiger partial charge is 0.326 e. The molecular formula is C36H62N6O7. The van der Waals surface area contributed by atoms with E-state index in [9.17, 15) is 33.9 Å². The number of aliphatic carboxylic acids is 1. The summed E-state index contributed by atoms with van der Waals surface area (Å²) in [4.78, 5) is 73.5. The van der Waals surface area contributed by atoms with Crippen LogP contribution in [0.2, 0.25) is 0 Å². The van der Waals surface area contributed by atoms with Crippen LogP contribution in [0.5, 0.6) is 0 Å². The Morgan fingerprint density at radius 2 is 1.37 bits per heavy atom. The molecule has 4 amide bonds. The van der Waals surface area contributed by atoms with Crippen LogP contribution in [-0.4, -0.2) is 85.3 Å².